The van der Waals surface area contributed by atoms with Crippen LogP contribution in [0.3, 0.4) is 0 Å². The number of allylic oxidation sites excluding steroid dienone is 2. The minimum absolute atomic E-state index is 0.0713. The molecule has 7 fully saturated rings. The Morgan fingerprint density at radius 2 is 1.26 bits per heavy atom. The first-order chi connectivity index (χ1) is 27.5. The van der Waals surface area contributed by atoms with E-state index >= 15 is 0 Å². The number of rotatable bonds is 11. The summed E-state index contributed by atoms with van der Waals surface area (Å²) in [7, 11) is -8.79. The van der Waals surface area contributed by atoms with Crippen LogP contribution in [-0.4, -0.2) is 87.5 Å². The van der Waals surface area contributed by atoms with Crippen molar-refractivity contribution < 1.29 is 35.3 Å². The van der Waals surface area contributed by atoms with Crippen LogP contribution in [0, 0.1) is 35.5 Å². The molecule has 12 heteroatoms. The second-order valence-corrected chi connectivity index (χ2v) is 24.2. The molecule has 2 aliphatic heterocycles. The van der Waals surface area contributed by atoms with Gasteiger partial charge in [-0.2, -0.15) is 0 Å². The lowest BCUT2D eigenvalue weighted by atomic mass is 9.71. The van der Waals surface area contributed by atoms with Crippen LogP contribution in [0.2, 0.25) is 0 Å². The highest BCUT2D eigenvalue weighted by Gasteiger charge is 2.50. The predicted octanol–water partition coefficient (Wildman–Crippen LogP) is 9.10. The summed E-state index contributed by atoms with van der Waals surface area (Å²) in [6, 6.07) is 0.537. The molecule has 57 heavy (non-hydrogen) atoms. The lowest BCUT2D eigenvalue weighted by molar-refractivity contribution is -0.570. The summed E-state index contributed by atoms with van der Waals surface area (Å²) in [5.74, 6) is 3.39. The average Bonchev–Trinajstić information content (AvgIpc) is 3.73. The van der Waals surface area contributed by atoms with E-state index in [0.717, 1.165) is 87.5 Å². The largest absolute Gasteiger partial charge is 0.748 e. The normalized spacial score (nSPS) is 38.6. The van der Waals surface area contributed by atoms with Gasteiger partial charge in [0.05, 0.1) is 42.0 Å². The number of ether oxygens (including phenoxy) is 1. The van der Waals surface area contributed by atoms with E-state index < -0.39 is 30.7 Å². The van der Waals surface area contributed by atoms with Gasteiger partial charge in [0.1, 0.15) is 12.6 Å². The molecular formula is C45H71N2O7S3-. The summed E-state index contributed by atoms with van der Waals surface area (Å²) < 4.78 is 85.1. The molecule has 8 rings (SSSR count). The zero-order valence-electron chi connectivity index (χ0n) is 34.7. The molecule has 0 bridgehead atoms. The van der Waals surface area contributed by atoms with E-state index in [2.05, 4.69) is 28.6 Å². The van der Waals surface area contributed by atoms with Crippen LogP contribution in [0.1, 0.15) is 167 Å². The molecule has 10 unspecified atom stereocenters. The summed E-state index contributed by atoms with van der Waals surface area (Å²) in [5, 5.41) is 0.0178. The highest BCUT2D eigenvalue weighted by molar-refractivity contribution is 8.14. The van der Waals surface area contributed by atoms with E-state index in [9.17, 15) is 25.9 Å². The highest BCUT2D eigenvalue weighted by Crippen LogP contribution is 2.48. The summed E-state index contributed by atoms with van der Waals surface area (Å²) in [4.78, 5) is 2.40. The molecule has 322 valence electrons. The van der Waals surface area contributed by atoms with Crippen LogP contribution in [0.25, 0.3) is 0 Å². The molecule has 0 spiro atoms. The fourth-order valence-corrected chi connectivity index (χ4v) is 17.2. The van der Waals surface area contributed by atoms with Crippen molar-refractivity contribution in [2.45, 2.75) is 201 Å². The van der Waals surface area contributed by atoms with E-state index in [-0.39, 0.29) is 24.0 Å². The van der Waals surface area contributed by atoms with Gasteiger partial charge in [0.25, 0.3) is 0 Å². The third-order valence-electron chi connectivity index (χ3n) is 16.4. The summed E-state index contributed by atoms with van der Waals surface area (Å²) in [6.45, 7) is 3.36. The molecule has 0 N–H and O–H groups in total. The van der Waals surface area contributed by atoms with Gasteiger partial charge in [0, 0.05) is 31.0 Å². The number of hydrogen-bond donors (Lipinski definition) is 0. The maximum Gasteiger partial charge on any atom is 0.235 e. The first kappa shape index (κ1) is 42.6. The van der Waals surface area contributed by atoms with Gasteiger partial charge >= 0.3 is 0 Å². The molecule has 10 atom stereocenters. The minimum atomic E-state index is -4.41. The van der Waals surface area contributed by atoms with Gasteiger partial charge in [-0.3, -0.25) is 0 Å². The molecule has 0 aromatic carbocycles. The van der Waals surface area contributed by atoms with Gasteiger partial charge in [-0.25, -0.2) is 21.4 Å². The van der Waals surface area contributed by atoms with Gasteiger partial charge in [0.2, 0.25) is 5.04 Å². The Labute approximate surface area is 349 Å². The molecule has 2 heterocycles. The predicted molar refractivity (Wildman–Crippen MR) is 226 cm³/mol. The van der Waals surface area contributed by atoms with Gasteiger partial charge in [0.15, 0.2) is 11.9 Å². The quantitative estimate of drug-likeness (QED) is 0.148. The maximum absolute atomic E-state index is 12.6. The van der Waals surface area contributed by atoms with Crippen molar-refractivity contribution in [3.05, 3.63) is 23.6 Å². The summed E-state index contributed by atoms with van der Waals surface area (Å²) in [6.07, 6.45) is 31.6. The van der Waals surface area contributed by atoms with Crippen LogP contribution in [-0.2, 0) is 25.0 Å². The number of nitrogens with zero attached hydrogens (tertiary/aromatic N) is 2. The van der Waals surface area contributed by atoms with Gasteiger partial charge in [-0.1, -0.05) is 96.8 Å². The van der Waals surface area contributed by atoms with Crippen molar-refractivity contribution in [1.82, 2.24) is 4.90 Å². The van der Waals surface area contributed by atoms with Crippen molar-refractivity contribution in [3.63, 3.8) is 0 Å². The second-order valence-electron chi connectivity index (χ2n) is 19.7. The zero-order chi connectivity index (χ0) is 39.7. The second kappa shape index (κ2) is 18.5. The molecule has 0 aromatic rings. The van der Waals surface area contributed by atoms with Crippen molar-refractivity contribution in [2.24, 2.45) is 35.5 Å². The smallest absolute Gasteiger partial charge is 0.235 e. The standard InChI is InChI=1S/C45H72N2O7S3/c1-2-31(25-44-46(29-36-17-9-11-19-42(36)56(48,49)50)38-27-34(21-23-40(38)54-44)32-13-5-3-6-14-32)26-45-47(30-37-18-10-12-20-43(37)57(51,52)53)39-28-35(22-24-41(39)55-45)33-15-7-4-8-16-33/h25-26,32-43H,2-24,27-30H2,1H3,(H-,48,49,50,51,52,53)/p-1. The lowest BCUT2D eigenvalue weighted by Crippen LogP contribution is -2.46. The van der Waals surface area contributed by atoms with Crippen LogP contribution in [0.4, 0.5) is 0 Å². The zero-order valence-corrected chi connectivity index (χ0v) is 37.1. The van der Waals surface area contributed by atoms with E-state index in [1.807, 2.05) is 11.8 Å². The SMILES string of the molecule is CCC(=C/C1=[N+](CC2CCCCC2S(=O)(=O)[O-])C2CC(C3CCCCC3)CCC2S1)/C=C1/OC2CCC(C3CCCCC3)CC2N1CC1CCCCC1S(=O)(=O)[O-]. The van der Waals surface area contributed by atoms with Crippen molar-refractivity contribution in [3.8, 4) is 0 Å². The molecule has 9 nitrogen and oxygen atoms in total. The van der Waals surface area contributed by atoms with Crippen molar-refractivity contribution in [2.75, 3.05) is 13.1 Å². The van der Waals surface area contributed by atoms with Crippen LogP contribution < -0.4 is 0 Å². The number of hydrogen-bond acceptors (Lipinski definition) is 9. The average molecular weight is 848 g/mol. The van der Waals surface area contributed by atoms with E-state index in [4.69, 9.17) is 4.74 Å². The maximum atomic E-state index is 12.6. The molecule has 0 amide bonds. The third-order valence-corrected chi connectivity index (χ3v) is 20.6. The minimum Gasteiger partial charge on any atom is -0.748 e. The van der Waals surface area contributed by atoms with E-state index in [1.165, 1.54) is 88.5 Å². The number of fused-ring (bicyclic) bond motifs is 2. The van der Waals surface area contributed by atoms with E-state index in [0.29, 0.717) is 49.1 Å². The highest BCUT2D eigenvalue weighted by atomic mass is 32.2. The van der Waals surface area contributed by atoms with Crippen LogP contribution >= 0.6 is 11.8 Å². The summed E-state index contributed by atoms with van der Waals surface area (Å²) >= 11 is 1.97. The van der Waals surface area contributed by atoms with Crippen molar-refractivity contribution in [1.29, 1.82) is 0 Å². The molecular weight excluding hydrogens is 777 g/mol. The molecule has 8 aliphatic rings. The summed E-state index contributed by atoms with van der Waals surface area (Å²) in [5.41, 5.74) is 1.15. The Hall–Kier alpha value is -1.08. The Kier molecular flexibility index (Phi) is 13.8. The third kappa shape index (κ3) is 9.86. The molecule has 1 saturated heterocycles. The fourth-order valence-electron chi connectivity index (χ4n) is 13.3. The Morgan fingerprint density at radius 3 is 1.89 bits per heavy atom. The molecule has 6 aliphatic carbocycles. The first-order valence-electron chi connectivity index (χ1n) is 23.5. The van der Waals surface area contributed by atoms with Crippen LogP contribution in [0.5, 0.6) is 0 Å². The van der Waals surface area contributed by atoms with Crippen LogP contribution in [0.15, 0.2) is 23.6 Å². The first-order valence-corrected chi connectivity index (χ1v) is 27.3. The Morgan fingerprint density at radius 1 is 0.702 bits per heavy atom. The van der Waals surface area contributed by atoms with Gasteiger partial charge < -0.3 is 18.7 Å². The topological polar surface area (TPSA) is 130 Å². The Balaban J connectivity index is 1.12. The van der Waals surface area contributed by atoms with Gasteiger partial charge in [-0.05, 0) is 111 Å². The van der Waals surface area contributed by atoms with Gasteiger partial charge in [-0.15, -0.1) is 0 Å². The molecule has 0 aromatic heterocycles. The molecule has 0 radical (unpaired) electrons. The lowest BCUT2D eigenvalue weighted by Gasteiger charge is -2.41. The monoisotopic (exact) mass is 847 g/mol. The fraction of sp³-hybridized carbons (Fsp3) is 0.889. The Bertz CT molecular complexity index is 1720. The van der Waals surface area contributed by atoms with Crippen molar-refractivity contribution >= 4 is 37.0 Å². The molecule has 6 saturated carbocycles. The number of thioether (sulfide) groups is 1. The van der Waals surface area contributed by atoms with E-state index in [1.54, 1.807) is 0 Å².